The number of aryl methyl sites for hydroxylation is 2. The number of hydrogen-bond donors (Lipinski definition) is 1. The van der Waals surface area contributed by atoms with Crippen LogP contribution >= 0.6 is 0 Å². The van der Waals surface area contributed by atoms with Crippen molar-refractivity contribution in [2.75, 3.05) is 0 Å². The summed E-state index contributed by atoms with van der Waals surface area (Å²) in [7, 11) is 1.69. The van der Waals surface area contributed by atoms with Crippen molar-refractivity contribution in [3.63, 3.8) is 0 Å². The fourth-order valence-electron chi connectivity index (χ4n) is 0.780. The SMILES string of the molecule is Cc1[c-]n(C)nc1C(N)=O.[W+2]. The molecule has 5 heteroatoms. The summed E-state index contributed by atoms with van der Waals surface area (Å²) in [6.45, 7) is 1.74. The van der Waals surface area contributed by atoms with E-state index < -0.39 is 5.91 Å². The molecule has 0 saturated carbocycles. The summed E-state index contributed by atoms with van der Waals surface area (Å²) in [6, 6.07) is 0. The number of carbonyl (C=O) groups is 1. The Kier molecular flexibility index (Phi) is 3.46. The Morgan fingerprint density at radius 1 is 1.73 bits per heavy atom. The molecule has 0 aromatic carbocycles. The average molecular weight is 322 g/mol. The van der Waals surface area contributed by atoms with Crippen LogP contribution in [-0.4, -0.2) is 15.7 Å². The van der Waals surface area contributed by atoms with Crippen LogP contribution in [0.4, 0.5) is 0 Å². The Labute approximate surface area is 79.0 Å². The summed E-state index contributed by atoms with van der Waals surface area (Å²) in [4.78, 5) is 10.6. The van der Waals surface area contributed by atoms with Crippen molar-refractivity contribution < 1.29 is 25.9 Å². The molecule has 0 aliphatic rings. The first kappa shape index (κ1) is 10.4. The molecule has 11 heavy (non-hydrogen) atoms. The van der Waals surface area contributed by atoms with E-state index in [4.69, 9.17) is 5.73 Å². The van der Waals surface area contributed by atoms with E-state index in [9.17, 15) is 4.79 Å². The molecule has 1 rings (SSSR count). The molecule has 0 bridgehead atoms. The minimum atomic E-state index is -0.505. The van der Waals surface area contributed by atoms with Gasteiger partial charge >= 0.3 is 21.1 Å². The first-order chi connectivity index (χ1) is 4.61. The van der Waals surface area contributed by atoms with Gasteiger partial charge in [0.2, 0.25) is 0 Å². The van der Waals surface area contributed by atoms with Crippen molar-refractivity contribution >= 4 is 5.91 Å². The predicted octanol–water partition coefficient (Wildman–Crippen LogP) is -0.375. The van der Waals surface area contributed by atoms with Crippen LogP contribution in [0.25, 0.3) is 0 Å². The molecule has 1 heterocycles. The van der Waals surface area contributed by atoms with Crippen molar-refractivity contribution in [3.8, 4) is 0 Å². The second-order valence-corrected chi connectivity index (χ2v) is 2.07. The van der Waals surface area contributed by atoms with Crippen molar-refractivity contribution in [3.05, 3.63) is 17.5 Å². The number of nitrogens with two attached hydrogens (primary N) is 1. The standard InChI is InChI=1S/C6H8N3O.W/c1-4-3-9(2)8-5(4)6(7)10;/h1-2H3,(H2,7,10);/q-1;+2. The van der Waals surface area contributed by atoms with E-state index in [1.54, 1.807) is 14.0 Å². The molecule has 0 saturated heterocycles. The molecule has 2 N–H and O–H groups in total. The van der Waals surface area contributed by atoms with Gasteiger partial charge in [-0.15, -0.1) is 6.20 Å². The molecular weight excluding hydrogens is 314 g/mol. The Bertz CT molecular complexity index is 269. The average Bonchev–Trinajstić information content (AvgIpc) is 2.10. The number of aromatic nitrogens is 2. The molecule has 0 aliphatic heterocycles. The van der Waals surface area contributed by atoms with Crippen LogP contribution in [0.3, 0.4) is 0 Å². The maximum atomic E-state index is 10.6. The third-order valence-electron chi connectivity index (χ3n) is 1.17. The van der Waals surface area contributed by atoms with Gasteiger partial charge in [-0.2, -0.15) is 5.56 Å². The van der Waals surface area contributed by atoms with Gasteiger partial charge in [0.15, 0.2) is 5.91 Å². The van der Waals surface area contributed by atoms with E-state index >= 15 is 0 Å². The number of amides is 1. The van der Waals surface area contributed by atoms with E-state index in [1.165, 1.54) is 4.68 Å². The van der Waals surface area contributed by atoms with E-state index in [1.807, 2.05) is 0 Å². The normalized spacial score (nSPS) is 8.91. The maximum Gasteiger partial charge on any atom is 2.00 e. The first-order valence-electron chi connectivity index (χ1n) is 2.84. The van der Waals surface area contributed by atoms with Gasteiger partial charge in [-0.3, -0.25) is 9.89 Å². The van der Waals surface area contributed by atoms with E-state index in [-0.39, 0.29) is 21.1 Å². The second-order valence-electron chi connectivity index (χ2n) is 2.07. The molecule has 4 nitrogen and oxygen atoms in total. The number of hydrogen-bond acceptors (Lipinski definition) is 2. The first-order valence-corrected chi connectivity index (χ1v) is 2.84. The van der Waals surface area contributed by atoms with Gasteiger partial charge in [0.1, 0.15) is 0 Å². The molecule has 58 valence electrons. The van der Waals surface area contributed by atoms with Crippen LogP contribution in [0.1, 0.15) is 16.1 Å². The molecular formula is C6H8N3OW+. The van der Waals surface area contributed by atoms with E-state index in [0.717, 1.165) is 0 Å². The fourth-order valence-corrected chi connectivity index (χ4v) is 0.780. The van der Waals surface area contributed by atoms with Crippen LogP contribution in [0, 0.1) is 13.1 Å². The zero-order valence-corrected chi connectivity index (χ0v) is 9.22. The van der Waals surface area contributed by atoms with Crippen LogP contribution in [0.2, 0.25) is 0 Å². The smallest absolute Gasteiger partial charge is 0.380 e. The van der Waals surface area contributed by atoms with Crippen LogP contribution in [-0.2, 0) is 28.1 Å². The third kappa shape index (κ3) is 2.15. The second kappa shape index (κ2) is 3.67. The molecule has 0 atom stereocenters. The molecule has 0 fully saturated rings. The fraction of sp³-hybridized carbons (Fsp3) is 0.333. The molecule has 0 spiro atoms. The zero-order chi connectivity index (χ0) is 7.72. The quantitative estimate of drug-likeness (QED) is 0.717. The topological polar surface area (TPSA) is 60.9 Å². The Balaban J connectivity index is 0.000001000. The van der Waals surface area contributed by atoms with Gasteiger partial charge in [0.05, 0.1) is 0 Å². The number of nitrogens with zero attached hydrogens (tertiary/aromatic N) is 2. The summed E-state index contributed by atoms with van der Waals surface area (Å²) in [5.74, 6) is -0.505. The molecule has 0 unspecified atom stereocenters. The molecule has 1 aromatic heterocycles. The van der Waals surface area contributed by atoms with Gasteiger partial charge in [-0.1, -0.05) is 6.92 Å². The largest absolute Gasteiger partial charge is 2.00 e. The number of primary amides is 1. The van der Waals surface area contributed by atoms with E-state index in [0.29, 0.717) is 11.3 Å². The Morgan fingerprint density at radius 3 is 2.45 bits per heavy atom. The predicted molar refractivity (Wildman–Crippen MR) is 35.3 cm³/mol. The van der Waals surface area contributed by atoms with Crippen molar-refractivity contribution in [2.24, 2.45) is 12.8 Å². The number of rotatable bonds is 1. The third-order valence-corrected chi connectivity index (χ3v) is 1.17. The minimum Gasteiger partial charge on any atom is -0.380 e. The summed E-state index contributed by atoms with van der Waals surface area (Å²) in [6.07, 6.45) is 2.79. The van der Waals surface area contributed by atoms with Gasteiger partial charge in [-0.25, -0.2) is 0 Å². The summed E-state index contributed by atoms with van der Waals surface area (Å²) >= 11 is 0. The van der Waals surface area contributed by atoms with Crippen LogP contribution in [0.5, 0.6) is 0 Å². The minimum absolute atomic E-state index is 0. The zero-order valence-electron chi connectivity index (χ0n) is 6.29. The van der Waals surface area contributed by atoms with Gasteiger partial charge in [0, 0.05) is 7.05 Å². The van der Waals surface area contributed by atoms with Gasteiger partial charge in [0.25, 0.3) is 0 Å². The maximum absolute atomic E-state index is 10.6. The summed E-state index contributed by atoms with van der Waals surface area (Å²) < 4.78 is 1.44. The Morgan fingerprint density at radius 2 is 2.27 bits per heavy atom. The summed E-state index contributed by atoms with van der Waals surface area (Å²) in [5.41, 5.74) is 5.98. The van der Waals surface area contributed by atoms with Gasteiger partial charge < -0.3 is 10.4 Å². The van der Waals surface area contributed by atoms with Gasteiger partial charge in [-0.05, 0) is 5.69 Å². The van der Waals surface area contributed by atoms with Crippen molar-refractivity contribution in [1.29, 1.82) is 0 Å². The van der Waals surface area contributed by atoms with Crippen LogP contribution < -0.4 is 5.73 Å². The van der Waals surface area contributed by atoms with Crippen LogP contribution in [0.15, 0.2) is 0 Å². The molecule has 1 aromatic rings. The Hall–Kier alpha value is -0.632. The van der Waals surface area contributed by atoms with E-state index in [2.05, 4.69) is 11.3 Å². The molecule has 1 amide bonds. The summed E-state index contributed by atoms with van der Waals surface area (Å²) in [5, 5.41) is 3.80. The monoisotopic (exact) mass is 322 g/mol. The number of carbonyl (C=O) groups excluding carboxylic acids is 1. The molecule has 0 radical (unpaired) electrons. The molecule has 0 aliphatic carbocycles. The van der Waals surface area contributed by atoms with Crippen molar-refractivity contribution in [2.45, 2.75) is 6.92 Å². The van der Waals surface area contributed by atoms with Crippen molar-refractivity contribution in [1.82, 2.24) is 9.78 Å².